The fraction of sp³-hybridized carbons (Fsp3) is 0.292. The number of para-hydroxylation sites is 1. The van der Waals surface area contributed by atoms with E-state index < -0.39 is 0 Å². The van der Waals surface area contributed by atoms with Gasteiger partial charge in [0.05, 0.1) is 0 Å². The molecule has 7 heteroatoms. The first-order valence-electron chi connectivity index (χ1n) is 10.5. The van der Waals surface area contributed by atoms with E-state index in [4.69, 9.17) is 4.74 Å². The minimum Gasteiger partial charge on any atom is -0.492 e. The smallest absolute Gasteiger partial charge is 0.297 e. The zero-order valence-electron chi connectivity index (χ0n) is 17.3. The Morgan fingerprint density at radius 3 is 2.52 bits per heavy atom. The number of ether oxygens (including phenoxy) is 1. The molecule has 2 heterocycles. The molecule has 1 N–H and O–H groups in total. The third-order valence-corrected chi connectivity index (χ3v) is 5.50. The molecule has 31 heavy (non-hydrogen) atoms. The van der Waals surface area contributed by atoms with E-state index in [0.29, 0.717) is 23.7 Å². The lowest BCUT2D eigenvalue weighted by Crippen LogP contribution is -2.41. The normalized spacial score (nSPS) is 14.8. The van der Waals surface area contributed by atoms with Crippen LogP contribution in [0.2, 0.25) is 0 Å². The van der Waals surface area contributed by atoms with E-state index in [2.05, 4.69) is 15.2 Å². The number of hydrogen-bond donors (Lipinski definition) is 1. The first kappa shape index (κ1) is 20.8. The Balaban J connectivity index is 1.30. The zero-order valence-corrected chi connectivity index (χ0v) is 17.3. The van der Waals surface area contributed by atoms with Crippen LogP contribution in [0.1, 0.15) is 23.2 Å². The highest BCUT2D eigenvalue weighted by molar-refractivity contribution is 5.75. The maximum atomic E-state index is 12.9. The van der Waals surface area contributed by atoms with Gasteiger partial charge in [0.2, 0.25) is 0 Å². The summed E-state index contributed by atoms with van der Waals surface area (Å²) in [5, 5.41) is 3.33. The van der Waals surface area contributed by atoms with Crippen molar-refractivity contribution in [3.63, 3.8) is 0 Å². The topological polar surface area (TPSA) is 76.5 Å². The average Bonchev–Trinajstić information content (AvgIpc) is 2.82. The molecule has 0 atom stereocenters. The fourth-order valence-corrected chi connectivity index (χ4v) is 3.73. The van der Waals surface area contributed by atoms with Gasteiger partial charge >= 0.3 is 0 Å². The zero-order chi connectivity index (χ0) is 21.5. The molecule has 4 rings (SSSR count). The largest absolute Gasteiger partial charge is 0.492 e. The van der Waals surface area contributed by atoms with Crippen LogP contribution in [0.3, 0.4) is 0 Å². The third kappa shape index (κ3) is 5.38. The van der Waals surface area contributed by atoms with Gasteiger partial charge in [-0.1, -0.05) is 18.2 Å². The van der Waals surface area contributed by atoms with Crippen LogP contribution >= 0.6 is 0 Å². The van der Waals surface area contributed by atoms with Crippen LogP contribution < -0.4 is 15.6 Å². The lowest BCUT2D eigenvalue weighted by Gasteiger charge is -2.32. The summed E-state index contributed by atoms with van der Waals surface area (Å²) in [6, 6.07) is 17.0. The Labute approximate surface area is 181 Å². The second-order valence-electron chi connectivity index (χ2n) is 7.58. The van der Waals surface area contributed by atoms with E-state index in [9.17, 15) is 9.59 Å². The van der Waals surface area contributed by atoms with E-state index in [-0.39, 0.29) is 11.6 Å². The molecular weight excluding hydrogens is 392 g/mol. The molecule has 1 aliphatic rings. The number of carbonyl (C=O) groups is 1. The van der Waals surface area contributed by atoms with E-state index >= 15 is 0 Å². The van der Waals surface area contributed by atoms with Gasteiger partial charge in [0.15, 0.2) is 5.82 Å². The van der Waals surface area contributed by atoms with Crippen LogP contribution in [0, 0.1) is 0 Å². The van der Waals surface area contributed by atoms with Crippen LogP contribution in [0.25, 0.3) is 5.69 Å². The number of benzene rings is 2. The molecule has 0 spiro atoms. The Bertz CT molecular complexity index is 1040. The number of piperidine rings is 1. The van der Waals surface area contributed by atoms with Crippen LogP contribution in [-0.4, -0.2) is 53.0 Å². The Morgan fingerprint density at radius 1 is 1.06 bits per heavy atom. The molecule has 1 fully saturated rings. The number of carbonyl (C=O) groups excluding carboxylic acids is 1. The van der Waals surface area contributed by atoms with Crippen LogP contribution in [-0.2, 0) is 0 Å². The molecule has 0 bridgehead atoms. The molecule has 0 unspecified atom stereocenters. The number of anilines is 1. The molecule has 1 saturated heterocycles. The van der Waals surface area contributed by atoms with Crippen molar-refractivity contribution in [2.45, 2.75) is 18.9 Å². The molecule has 0 radical (unpaired) electrons. The van der Waals surface area contributed by atoms with E-state index in [0.717, 1.165) is 44.5 Å². The van der Waals surface area contributed by atoms with Crippen molar-refractivity contribution in [3.05, 3.63) is 82.9 Å². The summed E-state index contributed by atoms with van der Waals surface area (Å²) in [6.07, 6.45) is 5.92. The second kappa shape index (κ2) is 10.0. The summed E-state index contributed by atoms with van der Waals surface area (Å²) in [7, 11) is 0. The Morgan fingerprint density at radius 2 is 1.81 bits per heavy atom. The molecular formula is C24H26N4O3. The van der Waals surface area contributed by atoms with Crippen molar-refractivity contribution >= 4 is 12.1 Å². The van der Waals surface area contributed by atoms with Crippen molar-refractivity contribution < 1.29 is 9.53 Å². The molecule has 7 nitrogen and oxygen atoms in total. The first-order valence-corrected chi connectivity index (χ1v) is 10.5. The number of rotatable bonds is 8. The lowest BCUT2D eigenvalue weighted by molar-refractivity contribution is 0.112. The number of likely N-dealkylation sites (tertiary alicyclic amines) is 1. The van der Waals surface area contributed by atoms with Crippen molar-refractivity contribution in [2.75, 3.05) is 31.6 Å². The maximum Gasteiger partial charge on any atom is 0.297 e. The van der Waals surface area contributed by atoms with Gasteiger partial charge in [0.1, 0.15) is 18.6 Å². The summed E-state index contributed by atoms with van der Waals surface area (Å²) >= 11 is 0. The predicted octanol–water partition coefficient (Wildman–Crippen LogP) is 3.00. The number of aldehydes is 1. The van der Waals surface area contributed by atoms with Crippen LogP contribution in [0.4, 0.5) is 5.82 Å². The number of aromatic nitrogens is 2. The molecule has 0 aliphatic carbocycles. The summed E-state index contributed by atoms with van der Waals surface area (Å²) in [5.74, 6) is 1.25. The van der Waals surface area contributed by atoms with E-state index in [1.165, 1.54) is 0 Å². The van der Waals surface area contributed by atoms with Crippen LogP contribution in [0.5, 0.6) is 5.75 Å². The van der Waals surface area contributed by atoms with E-state index in [1.54, 1.807) is 41.2 Å². The van der Waals surface area contributed by atoms with E-state index in [1.807, 2.05) is 30.3 Å². The monoisotopic (exact) mass is 418 g/mol. The van der Waals surface area contributed by atoms with Gasteiger partial charge in [-0.15, -0.1) is 0 Å². The van der Waals surface area contributed by atoms with Gasteiger partial charge < -0.3 is 10.1 Å². The molecule has 0 amide bonds. The minimum atomic E-state index is -0.194. The molecule has 3 aromatic rings. The lowest BCUT2D eigenvalue weighted by atomic mass is 10.1. The molecule has 1 aliphatic heterocycles. The first-order chi connectivity index (χ1) is 15.2. The quantitative estimate of drug-likeness (QED) is 0.567. The van der Waals surface area contributed by atoms with Crippen molar-refractivity contribution in [3.8, 4) is 11.4 Å². The minimum absolute atomic E-state index is 0.194. The summed E-state index contributed by atoms with van der Waals surface area (Å²) in [4.78, 5) is 30.4. The third-order valence-electron chi connectivity index (χ3n) is 5.50. The highest BCUT2D eigenvalue weighted by Gasteiger charge is 2.20. The SMILES string of the molecule is O=Cc1ccc(-n2ccnc(NC3CCN(CCOc4ccccc4)CC3)c2=O)cc1. The van der Waals surface area contributed by atoms with Gasteiger partial charge in [-0.3, -0.25) is 19.1 Å². The average molecular weight is 418 g/mol. The summed E-state index contributed by atoms with van der Waals surface area (Å²) in [5.41, 5.74) is 1.08. The summed E-state index contributed by atoms with van der Waals surface area (Å²) in [6.45, 7) is 3.44. The van der Waals surface area contributed by atoms with Gasteiger partial charge in [-0.2, -0.15) is 0 Å². The number of hydrogen-bond acceptors (Lipinski definition) is 6. The highest BCUT2D eigenvalue weighted by Crippen LogP contribution is 2.15. The van der Waals surface area contributed by atoms with Gasteiger partial charge in [-0.25, -0.2) is 4.98 Å². The Kier molecular flexibility index (Phi) is 6.74. The van der Waals surface area contributed by atoms with Crippen LogP contribution in [0.15, 0.2) is 71.8 Å². The van der Waals surface area contributed by atoms with Gasteiger partial charge in [0, 0.05) is 49.3 Å². The maximum absolute atomic E-state index is 12.9. The molecule has 0 saturated carbocycles. The van der Waals surface area contributed by atoms with Crippen molar-refractivity contribution in [2.24, 2.45) is 0 Å². The summed E-state index contributed by atoms with van der Waals surface area (Å²) < 4.78 is 7.33. The second-order valence-corrected chi connectivity index (χ2v) is 7.58. The van der Waals surface area contributed by atoms with Gasteiger partial charge in [0.25, 0.3) is 5.56 Å². The number of nitrogens with one attached hydrogen (secondary N) is 1. The molecule has 2 aromatic carbocycles. The Hall–Kier alpha value is -3.45. The predicted molar refractivity (Wildman–Crippen MR) is 120 cm³/mol. The highest BCUT2D eigenvalue weighted by atomic mass is 16.5. The standard InChI is InChI=1S/C24H26N4O3/c29-18-19-6-8-21(9-7-19)28-15-12-25-23(24(28)30)26-20-10-13-27(14-11-20)16-17-31-22-4-2-1-3-5-22/h1-9,12,15,18,20H,10-11,13-14,16-17H2,(H,25,26). The molecule has 160 valence electrons. The molecule has 1 aromatic heterocycles. The van der Waals surface area contributed by atoms with Crippen molar-refractivity contribution in [1.82, 2.24) is 14.5 Å². The van der Waals surface area contributed by atoms with Crippen molar-refractivity contribution in [1.29, 1.82) is 0 Å². The van der Waals surface area contributed by atoms with Gasteiger partial charge in [-0.05, 0) is 49.2 Å². The number of nitrogens with zero attached hydrogens (tertiary/aromatic N) is 3. The fourth-order valence-electron chi connectivity index (χ4n) is 3.73.